The van der Waals surface area contributed by atoms with Crippen LogP contribution in [-0.2, 0) is 6.54 Å². The molecule has 0 aliphatic carbocycles. The Balaban J connectivity index is 2.53. The molecule has 0 saturated heterocycles. The lowest BCUT2D eigenvalue weighted by atomic mass is 10.4. The van der Waals surface area contributed by atoms with E-state index in [2.05, 4.69) is 15.3 Å². The number of nitro groups is 1. The first-order valence-corrected chi connectivity index (χ1v) is 5.38. The van der Waals surface area contributed by atoms with Crippen LogP contribution in [-0.4, -0.2) is 31.3 Å². The highest BCUT2D eigenvalue weighted by Crippen LogP contribution is 2.32. The summed E-state index contributed by atoms with van der Waals surface area (Å²) in [6.45, 7) is -0.761. The zero-order valence-corrected chi connectivity index (χ0v) is 9.47. The second-order valence-corrected chi connectivity index (χ2v) is 4.16. The van der Waals surface area contributed by atoms with Crippen LogP contribution in [0.25, 0.3) is 10.7 Å². The van der Waals surface area contributed by atoms with Crippen LogP contribution in [0.3, 0.4) is 0 Å². The van der Waals surface area contributed by atoms with Crippen LogP contribution in [0.4, 0.5) is 19.6 Å². The summed E-state index contributed by atoms with van der Waals surface area (Å²) in [5.41, 5.74) is 4.83. The van der Waals surface area contributed by atoms with Gasteiger partial charge in [-0.15, -0.1) is 10.2 Å². The van der Waals surface area contributed by atoms with Crippen molar-refractivity contribution in [3.05, 3.63) is 16.3 Å². The topological polar surface area (TPSA) is 113 Å². The summed E-state index contributed by atoms with van der Waals surface area (Å²) in [5.74, 6) is 0. The lowest BCUT2D eigenvalue weighted by Crippen LogP contribution is -2.09. The summed E-state index contributed by atoms with van der Waals surface area (Å²) < 4.78 is 25.5. The molecule has 18 heavy (non-hydrogen) atoms. The number of nitrogens with zero attached hydrogens (tertiary/aromatic N) is 5. The minimum atomic E-state index is -2.69. The van der Waals surface area contributed by atoms with Crippen molar-refractivity contribution in [1.29, 1.82) is 0 Å². The van der Waals surface area contributed by atoms with Gasteiger partial charge < -0.3 is 5.73 Å². The van der Waals surface area contributed by atoms with Crippen molar-refractivity contribution in [1.82, 2.24) is 20.0 Å². The van der Waals surface area contributed by atoms with Crippen molar-refractivity contribution in [2.75, 3.05) is 5.73 Å². The SMILES string of the molecule is Nc1nnc(-c2c([N+](=O)[O-])cnn2CC(F)F)s1. The second kappa shape index (κ2) is 4.60. The molecule has 2 heterocycles. The van der Waals surface area contributed by atoms with E-state index in [-0.39, 0.29) is 15.8 Å². The summed E-state index contributed by atoms with van der Waals surface area (Å²) in [7, 11) is 0. The first-order valence-electron chi connectivity index (χ1n) is 4.56. The highest BCUT2D eigenvalue weighted by Gasteiger charge is 2.26. The number of hydrogen-bond donors (Lipinski definition) is 1. The largest absolute Gasteiger partial charge is 0.374 e. The Hall–Kier alpha value is -2.17. The smallest absolute Gasteiger partial charge is 0.317 e. The second-order valence-electron chi connectivity index (χ2n) is 3.15. The molecule has 0 aromatic carbocycles. The molecule has 0 saturated carbocycles. The quantitative estimate of drug-likeness (QED) is 0.662. The number of rotatable bonds is 4. The summed E-state index contributed by atoms with van der Waals surface area (Å²) in [6.07, 6.45) is -1.79. The molecule has 0 fully saturated rings. The van der Waals surface area contributed by atoms with Crippen LogP contribution in [0.1, 0.15) is 0 Å². The Morgan fingerprint density at radius 1 is 1.56 bits per heavy atom. The third kappa shape index (κ3) is 2.25. The average Bonchev–Trinajstić information content (AvgIpc) is 2.83. The number of anilines is 1. The summed E-state index contributed by atoms with van der Waals surface area (Å²) in [4.78, 5) is 10.1. The van der Waals surface area contributed by atoms with E-state index < -0.39 is 23.6 Å². The third-order valence-corrected chi connectivity index (χ3v) is 2.73. The van der Waals surface area contributed by atoms with E-state index in [9.17, 15) is 18.9 Å². The van der Waals surface area contributed by atoms with E-state index in [0.717, 1.165) is 22.2 Å². The highest BCUT2D eigenvalue weighted by molar-refractivity contribution is 7.18. The summed E-state index contributed by atoms with van der Waals surface area (Å²) in [6, 6.07) is 0. The van der Waals surface area contributed by atoms with Gasteiger partial charge in [0, 0.05) is 0 Å². The van der Waals surface area contributed by atoms with E-state index >= 15 is 0 Å². The maximum atomic E-state index is 12.3. The van der Waals surface area contributed by atoms with E-state index in [1.54, 1.807) is 0 Å². The van der Waals surface area contributed by atoms with Crippen LogP contribution in [0, 0.1) is 10.1 Å². The Morgan fingerprint density at radius 2 is 2.28 bits per heavy atom. The molecule has 0 aliphatic heterocycles. The molecule has 2 aromatic rings. The molecule has 2 rings (SSSR count). The van der Waals surface area contributed by atoms with E-state index in [4.69, 9.17) is 5.73 Å². The molecule has 0 unspecified atom stereocenters. The van der Waals surface area contributed by atoms with Crippen LogP contribution in [0.5, 0.6) is 0 Å². The van der Waals surface area contributed by atoms with Crippen LogP contribution in [0.15, 0.2) is 6.20 Å². The molecule has 2 N–H and O–H groups in total. The van der Waals surface area contributed by atoms with Crippen molar-refractivity contribution in [2.24, 2.45) is 0 Å². The first kappa shape index (κ1) is 12.3. The number of nitrogens with two attached hydrogens (primary N) is 1. The normalized spacial score (nSPS) is 11.1. The summed E-state index contributed by atoms with van der Waals surface area (Å²) >= 11 is 0.864. The fourth-order valence-corrected chi connectivity index (χ4v) is 2.00. The molecule has 11 heteroatoms. The molecule has 0 atom stereocenters. The van der Waals surface area contributed by atoms with E-state index in [1.165, 1.54) is 0 Å². The van der Waals surface area contributed by atoms with E-state index in [0.29, 0.717) is 0 Å². The minimum Gasteiger partial charge on any atom is -0.374 e. The van der Waals surface area contributed by atoms with Gasteiger partial charge in [0.25, 0.3) is 6.43 Å². The molecular formula is C7H6F2N6O2S. The fraction of sp³-hybridized carbons (Fsp3) is 0.286. The van der Waals surface area contributed by atoms with Gasteiger partial charge in [0.05, 0.1) is 4.92 Å². The summed E-state index contributed by atoms with van der Waals surface area (Å²) in [5, 5.41) is 21.6. The number of halogens is 2. The molecule has 96 valence electrons. The van der Waals surface area contributed by atoms with Crippen LogP contribution >= 0.6 is 11.3 Å². The monoisotopic (exact) mass is 276 g/mol. The number of hydrogen-bond acceptors (Lipinski definition) is 7. The van der Waals surface area contributed by atoms with Crippen LogP contribution < -0.4 is 5.73 Å². The molecular weight excluding hydrogens is 270 g/mol. The van der Waals surface area contributed by atoms with Gasteiger partial charge in [-0.25, -0.2) is 13.5 Å². The number of aromatic nitrogens is 4. The minimum absolute atomic E-state index is 0.0809. The Morgan fingerprint density at radius 3 is 2.78 bits per heavy atom. The van der Waals surface area contributed by atoms with Crippen molar-refractivity contribution < 1.29 is 13.7 Å². The first-order chi connectivity index (χ1) is 8.49. The van der Waals surface area contributed by atoms with Gasteiger partial charge in [-0.2, -0.15) is 5.10 Å². The molecule has 2 aromatic heterocycles. The lowest BCUT2D eigenvalue weighted by Gasteiger charge is -2.02. The van der Waals surface area contributed by atoms with Gasteiger partial charge in [0.15, 0.2) is 10.7 Å². The van der Waals surface area contributed by atoms with Gasteiger partial charge in [0.1, 0.15) is 12.7 Å². The third-order valence-electron chi connectivity index (χ3n) is 1.97. The molecule has 0 bridgehead atoms. The highest BCUT2D eigenvalue weighted by atomic mass is 32.1. The van der Waals surface area contributed by atoms with Gasteiger partial charge in [-0.3, -0.25) is 10.1 Å². The fourth-order valence-electron chi connectivity index (χ4n) is 1.33. The van der Waals surface area contributed by atoms with Crippen molar-refractivity contribution in [3.63, 3.8) is 0 Å². The Kier molecular flexibility index (Phi) is 3.14. The predicted molar refractivity (Wildman–Crippen MR) is 58.2 cm³/mol. The number of nitrogen functional groups attached to an aromatic ring is 1. The molecule has 0 spiro atoms. The lowest BCUT2D eigenvalue weighted by molar-refractivity contribution is -0.384. The zero-order chi connectivity index (χ0) is 13.3. The molecule has 8 nitrogen and oxygen atoms in total. The Bertz CT molecular complexity index is 582. The number of alkyl halides is 2. The van der Waals surface area contributed by atoms with Gasteiger partial charge in [-0.05, 0) is 0 Å². The maximum Gasteiger partial charge on any atom is 0.317 e. The van der Waals surface area contributed by atoms with Crippen molar-refractivity contribution >= 4 is 22.2 Å². The Labute approximate surface area is 102 Å². The van der Waals surface area contributed by atoms with E-state index in [1.807, 2.05) is 0 Å². The zero-order valence-electron chi connectivity index (χ0n) is 8.66. The molecule has 0 aliphatic rings. The van der Waals surface area contributed by atoms with Crippen LogP contribution in [0.2, 0.25) is 0 Å². The standard InChI is InChI=1S/C7H6F2N6O2S/c8-4(9)2-14-5(3(1-11-14)15(16)17)6-12-13-7(10)18-6/h1,4H,2H2,(H2,10,13). The van der Waals surface area contributed by atoms with Crippen molar-refractivity contribution in [3.8, 4) is 10.7 Å². The van der Waals surface area contributed by atoms with Gasteiger partial charge in [-0.1, -0.05) is 11.3 Å². The van der Waals surface area contributed by atoms with Gasteiger partial charge in [0.2, 0.25) is 5.13 Å². The van der Waals surface area contributed by atoms with Crippen molar-refractivity contribution in [2.45, 2.75) is 13.0 Å². The maximum absolute atomic E-state index is 12.3. The molecule has 0 radical (unpaired) electrons. The average molecular weight is 276 g/mol. The van der Waals surface area contributed by atoms with Gasteiger partial charge >= 0.3 is 5.69 Å². The predicted octanol–water partition coefficient (Wildman–Crippen LogP) is 1.16. The molecule has 0 amide bonds.